The highest BCUT2D eigenvalue weighted by molar-refractivity contribution is 9.10. The van der Waals surface area contributed by atoms with Gasteiger partial charge in [-0.05, 0) is 34.0 Å². The van der Waals surface area contributed by atoms with Crippen molar-refractivity contribution in [2.24, 2.45) is 17.8 Å². The van der Waals surface area contributed by atoms with Gasteiger partial charge in [0, 0.05) is 4.47 Å². The molecule has 25 heavy (non-hydrogen) atoms. The SMILES string of the molecule is CC(C)COC(=O)[C@H]1[C@H]2C=CC3(CN(c4ccccc4Br)C(=O)[C@@H]13)O2. The van der Waals surface area contributed by atoms with E-state index in [1.165, 1.54) is 0 Å². The molecule has 3 heterocycles. The van der Waals surface area contributed by atoms with Gasteiger partial charge in [-0.15, -0.1) is 0 Å². The maximum atomic E-state index is 13.2. The molecule has 5 nitrogen and oxygen atoms in total. The van der Waals surface area contributed by atoms with Crippen molar-refractivity contribution in [2.75, 3.05) is 18.1 Å². The maximum Gasteiger partial charge on any atom is 0.312 e. The highest BCUT2D eigenvalue weighted by atomic mass is 79.9. The Morgan fingerprint density at radius 3 is 2.92 bits per heavy atom. The summed E-state index contributed by atoms with van der Waals surface area (Å²) in [6.07, 6.45) is 3.48. The molecule has 2 fully saturated rings. The van der Waals surface area contributed by atoms with Crippen LogP contribution in [0.1, 0.15) is 13.8 Å². The standard InChI is InChI=1S/C19H20BrNO4/c1-11(2)9-24-18(23)15-14-7-8-19(25-14)10-21(17(22)16(15)19)13-6-4-3-5-12(13)20/h3-8,11,14-16H,9-10H2,1-2H3/t14-,15+,16-,19?/m1/s1. The lowest BCUT2D eigenvalue weighted by molar-refractivity contribution is -0.153. The van der Waals surface area contributed by atoms with Crippen LogP contribution in [0.15, 0.2) is 40.9 Å². The third-order valence-corrected chi connectivity index (χ3v) is 5.75. The van der Waals surface area contributed by atoms with Crippen LogP contribution in [0.2, 0.25) is 0 Å². The number of esters is 1. The lowest BCUT2D eigenvalue weighted by Crippen LogP contribution is -2.40. The Balaban J connectivity index is 1.64. The molecule has 1 aromatic rings. The number of benzene rings is 1. The molecule has 0 aliphatic carbocycles. The summed E-state index contributed by atoms with van der Waals surface area (Å²) < 4.78 is 12.4. The van der Waals surface area contributed by atoms with Gasteiger partial charge in [-0.2, -0.15) is 0 Å². The van der Waals surface area contributed by atoms with Crippen LogP contribution in [0.3, 0.4) is 0 Å². The minimum absolute atomic E-state index is 0.0785. The van der Waals surface area contributed by atoms with Crippen molar-refractivity contribution in [1.82, 2.24) is 0 Å². The zero-order valence-electron chi connectivity index (χ0n) is 14.1. The monoisotopic (exact) mass is 405 g/mol. The van der Waals surface area contributed by atoms with Gasteiger partial charge in [0.1, 0.15) is 11.5 Å². The van der Waals surface area contributed by atoms with Gasteiger partial charge < -0.3 is 14.4 Å². The predicted molar refractivity (Wildman–Crippen MR) is 96.0 cm³/mol. The molecule has 3 aliphatic heterocycles. The first-order valence-corrected chi connectivity index (χ1v) is 9.32. The quantitative estimate of drug-likeness (QED) is 0.570. The Bertz CT molecular complexity index is 762. The van der Waals surface area contributed by atoms with Gasteiger partial charge in [-0.1, -0.05) is 38.1 Å². The van der Waals surface area contributed by atoms with E-state index < -0.39 is 17.4 Å². The third-order valence-electron chi connectivity index (χ3n) is 5.07. The molecule has 2 bridgehead atoms. The fraction of sp³-hybridized carbons (Fsp3) is 0.474. The number of halogens is 1. The molecule has 0 radical (unpaired) electrons. The van der Waals surface area contributed by atoms with E-state index in [-0.39, 0.29) is 23.9 Å². The van der Waals surface area contributed by atoms with Crippen molar-refractivity contribution in [3.05, 3.63) is 40.9 Å². The molecule has 1 aromatic carbocycles. The van der Waals surface area contributed by atoms with E-state index >= 15 is 0 Å². The summed E-state index contributed by atoms with van der Waals surface area (Å²) in [5, 5.41) is 0. The summed E-state index contributed by atoms with van der Waals surface area (Å²) in [6.45, 7) is 4.75. The van der Waals surface area contributed by atoms with Crippen LogP contribution in [0.5, 0.6) is 0 Å². The van der Waals surface area contributed by atoms with Crippen molar-refractivity contribution in [3.63, 3.8) is 0 Å². The fourth-order valence-electron chi connectivity index (χ4n) is 3.99. The molecule has 2 saturated heterocycles. The van der Waals surface area contributed by atoms with E-state index in [4.69, 9.17) is 9.47 Å². The average Bonchev–Trinajstić information content (AvgIpc) is 3.21. The Morgan fingerprint density at radius 2 is 2.20 bits per heavy atom. The molecule has 1 amide bonds. The summed E-state index contributed by atoms with van der Waals surface area (Å²) in [5.41, 5.74) is 0.0736. The first-order chi connectivity index (χ1) is 11.9. The van der Waals surface area contributed by atoms with E-state index in [1.54, 1.807) is 4.90 Å². The van der Waals surface area contributed by atoms with Crippen LogP contribution in [0.4, 0.5) is 5.69 Å². The maximum absolute atomic E-state index is 13.2. The Labute approximate surface area is 155 Å². The summed E-state index contributed by atoms with van der Waals surface area (Å²) in [4.78, 5) is 27.5. The first kappa shape index (κ1) is 16.8. The highest BCUT2D eigenvalue weighted by Crippen LogP contribution is 2.53. The second-order valence-electron chi connectivity index (χ2n) is 7.30. The molecule has 0 N–H and O–H groups in total. The summed E-state index contributed by atoms with van der Waals surface area (Å²) in [7, 11) is 0. The van der Waals surface area contributed by atoms with Crippen LogP contribution in [0, 0.1) is 17.8 Å². The topological polar surface area (TPSA) is 55.8 Å². The van der Waals surface area contributed by atoms with Gasteiger partial charge >= 0.3 is 5.97 Å². The van der Waals surface area contributed by atoms with E-state index in [1.807, 2.05) is 50.3 Å². The van der Waals surface area contributed by atoms with Gasteiger partial charge in [0.05, 0.1) is 30.9 Å². The van der Waals surface area contributed by atoms with Crippen molar-refractivity contribution < 1.29 is 19.1 Å². The van der Waals surface area contributed by atoms with Gasteiger partial charge in [-0.3, -0.25) is 9.59 Å². The molecule has 3 aliphatic rings. The van der Waals surface area contributed by atoms with E-state index in [0.29, 0.717) is 13.2 Å². The molecule has 0 aromatic heterocycles. The minimum atomic E-state index is -0.724. The molecule has 1 spiro atoms. The van der Waals surface area contributed by atoms with Crippen molar-refractivity contribution >= 4 is 33.5 Å². The molecular weight excluding hydrogens is 386 g/mol. The smallest absolute Gasteiger partial charge is 0.312 e. The van der Waals surface area contributed by atoms with Gasteiger partial charge in [-0.25, -0.2) is 0 Å². The number of fused-ring (bicyclic) bond motifs is 1. The Morgan fingerprint density at radius 1 is 1.44 bits per heavy atom. The molecule has 132 valence electrons. The number of ether oxygens (including phenoxy) is 2. The zero-order valence-corrected chi connectivity index (χ0v) is 15.7. The second-order valence-corrected chi connectivity index (χ2v) is 8.15. The van der Waals surface area contributed by atoms with Crippen molar-refractivity contribution in [2.45, 2.75) is 25.6 Å². The number of hydrogen-bond acceptors (Lipinski definition) is 4. The Kier molecular flexibility index (Phi) is 4.00. The molecule has 4 atom stereocenters. The van der Waals surface area contributed by atoms with E-state index in [2.05, 4.69) is 15.9 Å². The average molecular weight is 406 g/mol. The lowest BCUT2D eigenvalue weighted by atomic mass is 9.77. The van der Waals surface area contributed by atoms with Crippen LogP contribution in [-0.2, 0) is 19.1 Å². The number of para-hydroxylation sites is 1. The lowest BCUT2D eigenvalue weighted by Gasteiger charge is -2.23. The number of hydrogen-bond donors (Lipinski definition) is 0. The van der Waals surface area contributed by atoms with Crippen LogP contribution in [0.25, 0.3) is 0 Å². The van der Waals surface area contributed by atoms with E-state index in [0.717, 1.165) is 10.2 Å². The molecular formula is C19H20BrNO4. The fourth-order valence-corrected chi connectivity index (χ4v) is 4.49. The second kappa shape index (κ2) is 5.95. The van der Waals surface area contributed by atoms with Crippen LogP contribution in [-0.4, -0.2) is 36.7 Å². The predicted octanol–water partition coefficient (Wildman–Crippen LogP) is 2.93. The Hall–Kier alpha value is -1.66. The molecule has 6 heteroatoms. The summed E-state index contributed by atoms with van der Waals surface area (Å²) in [6, 6.07) is 7.59. The normalized spacial score (nSPS) is 32.6. The van der Waals surface area contributed by atoms with Gasteiger partial charge in [0.2, 0.25) is 5.91 Å². The number of nitrogens with zero attached hydrogens (tertiary/aromatic N) is 1. The van der Waals surface area contributed by atoms with Crippen LogP contribution >= 0.6 is 15.9 Å². The number of rotatable bonds is 4. The zero-order chi connectivity index (χ0) is 17.8. The molecule has 4 rings (SSSR count). The highest BCUT2D eigenvalue weighted by Gasteiger charge is 2.67. The molecule has 1 unspecified atom stereocenters. The number of carbonyl (C=O) groups is 2. The van der Waals surface area contributed by atoms with Gasteiger partial charge in [0.15, 0.2) is 0 Å². The van der Waals surface area contributed by atoms with Crippen molar-refractivity contribution in [1.29, 1.82) is 0 Å². The van der Waals surface area contributed by atoms with Crippen molar-refractivity contribution in [3.8, 4) is 0 Å². The molecule has 0 saturated carbocycles. The summed E-state index contributed by atoms with van der Waals surface area (Å²) in [5.74, 6) is -1.25. The first-order valence-electron chi connectivity index (χ1n) is 8.53. The third kappa shape index (κ3) is 2.54. The van der Waals surface area contributed by atoms with E-state index in [9.17, 15) is 9.59 Å². The van der Waals surface area contributed by atoms with Gasteiger partial charge in [0.25, 0.3) is 0 Å². The summed E-state index contributed by atoms with van der Waals surface area (Å²) >= 11 is 3.50. The minimum Gasteiger partial charge on any atom is -0.465 e. The van der Waals surface area contributed by atoms with Crippen LogP contribution < -0.4 is 4.90 Å². The number of carbonyl (C=O) groups excluding carboxylic acids is 2. The number of amides is 1. The largest absolute Gasteiger partial charge is 0.465 e. The number of anilines is 1.